The van der Waals surface area contributed by atoms with Gasteiger partial charge in [-0.25, -0.2) is 0 Å². The maximum atomic E-state index is 9.27. The smallest absolute Gasteiger partial charge is 0.0838 e. The Bertz CT molecular complexity index is 113. The quantitative estimate of drug-likeness (QED) is 0.520. The first-order valence-electron chi connectivity index (χ1n) is 3.70. The van der Waals surface area contributed by atoms with Gasteiger partial charge in [0.05, 0.1) is 18.3 Å². The largest absolute Gasteiger partial charge is 0.390 e. The fourth-order valence-electron chi connectivity index (χ4n) is 1.77. The molecule has 2 aliphatic heterocycles. The van der Waals surface area contributed by atoms with E-state index in [1.165, 1.54) is 6.42 Å². The van der Waals surface area contributed by atoms with E-state index >= 15 is 0 Å². The molecule has 2 nitrogen and oxygen atoms in total. The highest BCUT2D eigenvalue weighted by atomic mass is 16.5. The van der Waals surface area contributed by atoms with Crippen LogP contribution in [0.4, 0.5) is 0 Å². The predicted molar refractivity (Wildman–Crippen MR) is 33.1 cm³/mol. The summed E-state index contributed by atoms with van der Waals surface area (Å²) < 4.78 is 5.46. The molecule has 0 aliphatic carbocycles. The van der Waals surface area contributed by atoms with E-state index in [0.717, 1.165) is 19.3 Å². The van der Waals surface area contributed by atoms with Gasteiger partial charge >= 0.3 is 0 Å². The molecule has 0 amide bonds. The van der Waals surface area contributed by atoms with Gasteiger partial charge in [-0.15, -0.1) is 0 Å². The van der Waals surface area contributed by atoms with Crippen LogP contribution in [0.5, 0.6) is 0 Å². The molecule has 0 radical (unpaired) electrons. The van der Waals surface area contributed by atoms with Crippen molar-refractivity contribution in [3.05, 3.63) is 0 Å². The molecule has 0 aromatic heterocycles. The number of hydrogen-bond acceptors (Lipinski definition) is 2. The minimum absolute atomic E-state index is 0.163. The lowest BCUT2D eigenvalue weighted by Gasteiger charge is -2.24. The van der Waals surface area contributed by atoms with Crippen LogP contribution >= 0.6 is 0 Å². The van der Waals surface area contributed by atoms with Crippen molar-refractivity contribution in [2.75, 3.05) is 0 Å². The number of aliphatic hydroxyl groups excluding tert-OH is 1. The molecule has 52 valence electrons. The Morgan fingerprint density at radius 2 is 1.89 bits per heavy atom. The lowest BCUT2D eigenvalue weighted by molar-refractivity contribution is -0.0746. The van der Waals surface area contributed by atoms with Crippen LogP contribution in [0.25, 0.3) is 0 Å². The van der Waals surface area contributed by atoms with Crippen molar-refractivity contribution in [2.24, 2.45) is 0 Å². The van der Waals surface area contributed by atoms with Gasteiger partial charge in [-0.1, -0.05) is 0 Å². The lowest BCUT2D eigenvalue weighted by atomic mass is 10.1. The van der Waals surface area contributed by atoms with Crippen LogP contribution in [0.1, 0.15) is 25.7 Å². The summed E-state index contributed by atoms with van der Waals surface area (Å²) in [5.41, 5.74) is 0. The zero-order valence-electron chi connectivity index (χ0n) is 5.42. The first-order chi connectivity index (χ1) is 4.36. The van der Waals surface area contributed by atoms with Gasteiger partial charge in [0.2, 0.25) is 0 Å². The van der Waals surface area contributed by atoms with Crippen molar-refractivity contribution in [3.63, 3.8) is 0 Å². The third-order valence-electron chi connectivity index (χ3n) is 2.35. The van der Waals surface area contributed by atoms with Gasteiger partial charge in [0, 0.05) is 0 Å². The average molecular weight is 128 g/mol. The second kappa shape index (κ2) is 1.96. The highest BCUT2D eigenvalue weighted by molar-refractivity contribution is 4.85. The zero-order valence-corrected chi connectivity index (χ0v) is 5.42. The van der Waals surface area contributed by atoms with Crippen molar-refractivity contribution in [2.45, 2.75) is 44.0 Å². The summed E-state index contributed by atoms with van der Waals surface area (Å²) in [5, 5.41) is 9.27. The van der Waals surface area contributed by atoms with Crippen LogP contribution in [-0.4, -0.2) is 23.4 Å². The molecule has 2 heteroatoms. The molecule has 0 unspecified atom stereocenters. The van der Waals surface area contributed by atoms with E-state index < -0.39 is 0 Å². The minimum Gasteiger partial charge on any atom is -0.390 e. The van der Waals surface area contributed by atoms with Crippen molar-refractivity contribution >= 4 is 0 Å². The maximum Gasteiger partial charge on any atom is 0.0838 e. The van der Waals surface area contributed by atoms with E-state index in [4.69, 9.17) is 4.74 Å². The summed E-state index contributed by atoms with van der Waals surface area (Å²) in [7, 11) is 0. The lowest BCUT2D eigenvalue weighted by Crippen LogP contribution is -2.31. The Morgan fingerprint density at radius 3 is 2.67 bits per heavy atom. The molecule has 2 saturated heterocycles. The Labute approximate surface area is 54.8 Å². The fraction of sp³-hybridized carbons (Fsp3) is 1.00. The molecule has 0 spiro atoms. The normalized spacial score (nSPS) is 49.7. The molecule has 9 heavy (non-hydrogen) atoms. The molecule has 2 fully saturated rings. The number of hydrogen-bond donors (Lipinski definition) is 1. The minimum atomic E-state index is -0.163. The van der Waals surface area contributed by atoms with Crippen LogP contribution in [0, 0.1) is 0 Å². The van der Waals surface area contributed by atoms with Crippen molar-refractivity contribution in [1.82, 2.24) is 0 Å². The van der Waals surface area contributed by atoms with E-state index in [9.17, 15) is 5.11 Å². The highest BCUT2D eigenvalue weighted by Crippen LogP contribution is 2.32. The van der Waals surface area contributed by atoms with Crippen molar-refractivity contribution < 1.29 is 9.84 Å². The predicted octanol–water partition coefficient (Wildman–Crippen LogP) is 0.689. The molecular weight excluding hydrogens is 116 g/mol. The summed E-state index contributed by atoms with van der Waals surface area (Å²) in [4.78, 5) is 0. The van der Waals surface area contributed by atoms with Gasteiger partial charge in [-0.3, -0.25) is 0 Å². The summed E-state index contributed by atoms with van der Waals surface area (Å²) in [6.45, 7) is 0. The first-order valence-corrected chi connectivity index (χ1v) is 3.70. The van der Waals surface area contributed by atoms with Gasteiger partial charge in [-0.2, -0.15) is 0 Å². The van der Waals surface area contributed by atoms with Crippen molar-refractivity contribution in [3.8, 4) is 0 Å². The summed E-state index contributed by atoms with van der Waals surface area (Å²) in [6.07, 6.45) is 4.77. The van der Waals surface area contributed by atoms with Crippen LogP contribution in [0.15, 0.2) is 0 Å². The van der Waals surface area contributed by atoms with Crippen molar-refractivity contribution in [1.29, 1.82) is 0 Å². The molecule has 0 aromatic carbocycles. The Hall–Kier alpha value is -0.0800. The second-order valence-electron chi connectivity index (χ2n) is 3.02. The van der Waals surface area contributed by atoms with Gasteiger partial charge in [0.15, 0.2) is 0 Å². The fourth-order valence-corrected chi connectivity index (χ4v) is 1.77. The Balaban J connectivity index is 2.05. The number of rotatable bonds is 0. The maximum absolute atomic E-state index is 9.27. The molecule has 0 aromatic rings. The molecule has 2 aliphatic rings. The van der Waals surface area contributed by atoms with E-state index in [1.54, 1.807) is 0 Å². The third-order valence-corrected chi connectivity index (χ3v) is 2.35. The molecular formula is C7H12O2. The summed E-state index contributed by atoms with van der Waals surface area (Å²) >= 11 is 0. The van der Waals surface area contributed by atoms with Gasteiger partial charge < -0.3 is 9.84 Å². The van der Waals surface area contributed by atoms with E-state index in [2.05, 4.69) is 0 Å². The zero-order chi connectivity index (χ0) is 6.27. The first kappa shape index (κ1) is 5.69. The number of fused-ring (bicyclic) bond motifs is 2. The van der Waals surface area contributed by atoms with E-state index in [-0.39, 0.29) is 12.2 Å². The molecule has 3 atom stereocenters. The van der Waals surface area contributed by atoms with Gasteiger partial charge in [0.1, 0.15) is 0 Å². The Morgan fingerprint density at radius 1 is 1.11 bits per heavy atom. The number of aliphatic hydroxyl groups is 1. The molecule has 0 saturated carbocycles. The molecule has 2 rings (SSSR count). The SMILES string of the molecule is O[C@H]1CC[C@@H]2CC[C@H]1O2. The van der Waals surface area contributed by atoms with E-state index in [0.29, 0.717) is 6.10 Å². The summed E-state index contributed by atoms with van der Waals surface area (Å²) in [5.74, 6) is 0. The topological polar surface area (TPSA) is 29.5 Å². The number of ether oxygens (including phenoxy) is 1. The van der Waals surface area contributed by atoms with Gasteiger partial charge in [-0.05, 0) is 25.7 Å². The molecule has 1 N–H and O–H groups in total. The van der Waals surface area contributed by atoms with Gasteiger partial charge in [0.25, 0.3) is 0 Å². The highest BCUT2D eigenvalue weighted by Gasteiger charge is 2.35. The standard InChI is InChI=1S/C7H12O2/c8-6-3-1-5-2-4-7(6)9-5/h5-8H,1-4H2/t5-,6+,7-/m1/s1. The molecule has 2 bridgehead atoms. The summed E-state index contributed by atoms with van der Waals surface area (Å²) in [6, 6.07) is 0. The van der Waals surface area contributed by atoms with Crippen LogP contribution in [0.3, 0.4) is 0 Å². The second-order valence-corrected chi connectivity index (χ2v) is 3.02. The monoisotopic (exact) mass is 128 g/mol. The van der Waals surface area contributed by atoms with Crippen LogP contribution < -0.4 is 0 Å². The Kier molecular flexibility index (Phi) is 1.24. The average Bonchev–Trinajstić information content (AvgIpc) is 2.25. The molecule has 2 heterocycles. The third kappa shape index (κ3) is 0.864. The van der Waals surface area contributed by atoms with Crippen LogP contribution in [0.2, 0.25) is 0 Å². The van der Waals surface area contributed by atoms with Crippen LogP contribution in [-0.2, 0) is 4.74 Å². The van der Waals surface area contributed by atoms with E-state index in [1.807, 2.05) is 0 Å².